The summed E-state index contributed by atoms with van der Waals surface area (Å²) in [4.78, 5) is 22.8. The van der Waals surface area contributed by atoms with Crippen LogP contribution in [0.15, 0.2) is 24.3 Å². The molecule has 1 rings (SSSR count). The Morgan fingerprint density at radius 3 is 2.53 bits per heavy atom. The molecule has 19 heavy (non-hydrogen) atoms. The Hall–Kier alpha value is -2.04. The average Bonchev–Trinajstić information content (AvgIpc) is 2.39. The number of nitrogens with one attached hydrogen (secondary N) is 1. The van der Waals surface area contributed by atoms with E-state index in [2.05, 4.69) is 5.32 Å². The van der Waals surface area contributed by atoms with Crippen molar-refractivity contribution in [2.45, 2.75) is 26.7 Å². The highest BCUT2D eigenvalue weighted by Gasteiger charge is 2.10. The van der Waals surface area contributed by atoms with E-state index >= 15 is 0 Å². The highest BCUT2D eigenvalue weighted by atomic mass is 16.5. The van der Waals surface area contributed by atoms with Gasteiger partial charge in [-0.1, -0.05) is 12.1 Å². The molecule has 0 saturated heterocycles. The van der Waals surface area contributed by atoms with E-state index in [0.717, 1.165) is 0 Å². The summed E-state index contributed by atoms with van der Waals surface area (Å²) in [6.07, 6.45) is 0.176. The topological polar surface area (TPSA) is 64.6 Å². The van der Waals surface area contributed by atoms with Gasteiger partial charge in [-0.25, -0.2) is 0 Å². The molecule has 5 heteroatoms. The minimum atomic E-state index is -0.365. The SMILES string of the molecule is CCOC(=O)CCC(=O)Nc1ccccc1OCC. The van der Waals surface area contributed by atoms with Crippen LogP contribution in [0, 0.1) is 0 Å². The molecule has 0 atom stereocenters. The van der Waals surface area contributed by atoms with Crippen molar-refractivity contribution in [1.29, 1.82) is 0 Å². The third-order valence-corrected chi connectivity index (χ3v) is 2.32. The van der Waals surface area contributed by atoms with Gasteiger partial charge in [-0.15, -0.1) is 0 Å². The molecule has 0 radical (unpaired) electrons. The Morgan fingerprint density at radius 1 is 1.11 bits per heavy atom. The van der Waals surface area contributed by atoms with Gasteiger partial charge >= 0.3 is 5.97 Å². The van der Waals surface area contributed by atoms with E-state index < -0.39 is 0 Å². The summed E-state index contributed by atoms with van der Waals surface area (Å²) >= 11 is 0. The van der Waals surface area contributed by atoms with Crippen LogP contribution in [0.25, 0.3) is 0 Å². The summed E-state index contributed by atoms with van der Waals surface area (Å²) in [7, 11) is 0. The van der Waals surface area contributed by atoms with Gasteiger partial charge in [-0.05, 0) is 26.0 Å². The van der Waals surface area contributed by atoms with Crippen molar-refractivity contribution >= 4 is 17.6 Å². The number of anilines is 1. The van der Waals surface area contributed by atoms with Crippen LogP contribution in [0.2, 0.25) is 0 Å². The third kappa shape index (κ3) is 5.42. The summed E-state index contributed by atoms with van der Waals surface area (Å²) in [5.74, 6) is 0.0189. The van der Waals surface area contributed by atoms with Gasteiger partial charge in [-0.3, -0.25) is 9.59 Å². The first-order valence-electron chi connectivity index (χ1n) is 6.34. The number of rotatable bonds is 7. The molecule has 0 spiro atoms. The van der Waals surface area contributed by atoms with E-state index in [1.807, 2.05) is 19.1 Å². The number of carbonyl (C=O) groups is 2. The molecular weight excluding hydrogens is 246 g/mol. The maximum Gasteiger partial charge on any atom is 0.306 e. The van der Waals surface area contributed by atoms with Gasteiger partial charge in [0.05, 0.1) is 25.3 Å². The zero-order valence-electron chi connectivity index (χ0n) is 11.3. The van der Waals surface area contributed by atoms with Crippen molar-refractivity contribution in [3.63, 3.8) is 0 Å². The second-order valence-corrected chi connectivity index (χ2v) is 3.78. The number of esters is 1. The molecule has 0 aliphatic heterocycles. The Kier molecular flexibility index (Phi) is 6.43. The molecule has 0 unspecified atom stereocenters. The number of amides is 1. The van der Waals surface area contributed by atoms with Gasteiger partial charge in [0.25, 0.3) is 0 Å². The van der Waals surface area contributed by atoms with Gasteiger partial charge in [0.15, 0.2) is 0 Å². The molecule has 1 aromatic carbocycles. The fourth-order valence-corrected chi connectivity index (χ4v) is 1.51. The molecule has 5 nitrogen and oxygen atoms in total. The smallest absolute Gasteiger partial charge is 0.306 e. The summed E-state index contributed by atoms with van der Waals surface area (Å²) in [6.45, 7) is 4.46. The molecule has 0 aliphatic rings. The summed E-state index contributed by atoms with van der Waals surface area (Å²) in [6, 6.07) is 7.18. The van der Waals surface area contributed by atoms with Crippen molar-refractivity contribution in [3.8, 4) is 5.75 Å². The molecule has 0 saturated carbocycles. The first kappa shape index (κ1) is 15.0. The summed E-state index contributed by atoms with van der Waals surface area (Å²) < 4.78 is 10.2. The maximum atomic E-state index is 11.7. The van der Waals surface area contributed by atoms with Crippen LogP contribution >= 0.6 is 0 Å². The lowest BCUT2D eigenvalue weighted by atomic mass is 10.2. The largest absolute Gasteiger partial charge is 0.492 e. The van der Waals surface area contributed by atoms with Gasteiger partial charge in [0.2, 0.25) is 5.91 Å². The minimum Gasteiger partial charge on any atom is -0.492 e. The van der Waals surface area contributed by atoms with E-state index in [4.69, 9.17) is 9.47 Å². The molecular formula is C14H19NO4. The molecule has 0 aromatic heterocycles. The van der Waals surface area contributed by atoms with Crippen LogP contribution in [-0.2, 0) is 14.3 Å². The standard InChI is InChI=1S/C14H19NO4/c1-3-18-12-8-6-5-7-11(12)15-13(16)9-10-14(17)19-4-2/h5-8H,3-4,9-10H2,1-2H3,(H,15,16). The van der Waals surface area contributed by atoms with E-state index in [-0.39, 0.29) is 24.7 Å². The summed E-state index contributed by atoms with van der Waals surface area (Å²) in [5, 5.41) is 2.72. The number of para-hydroxylation sites is 2. The van der Waals surface area contributed by atoms with Crippen LogP contribution in [0.4, 0.5) is 5.69 Å². The molecule has 0 fully saturated rings. The predicted molar refractivity (Wildman–Crippen MR) is 72.1 cm³/mol. The predicted octanol–water partition coefficient (Wildman–Crippen LogP) is 2.37. The lowest BCUT2D eigenvalue weighted by molar-refractivity contribution is -0.144. The number of ether oxygens (including phenoxy) is 2. The number of hydrogen-bond acceptors (Lipinski definition) is 4. The Bertz CT molecular complexity index is 431. The molecule has 0 aliphatic carbocycles. The second-order valence-electron chi connectivity index (χ2n) is 3.78. The van der Waals surface area contributed by atoms with Crippen molar-refractivity contribution in [2.24, 2.45) is 0 Å². The second kappa shape index (κ2) is 8.13. The molecule has 1 N–H and O–H groups in total. The van der Waals surface area contributed by atoms with Crippen LogP contribution < -0.4 is 10.1 Å². The zero-order chi connectivity index (χ0) is 14.1. The zero-order valence-corrected chi connectivity index (χ0v) is 11.3. The van der Waals surface area contributed by atoms with Crippen molar-refractivity contribution in [3.05, 3.63) is 24.3 Å². The van der Waals surface area contributed by atoms with Gasteiger partial charge in [-0.2, -0.15) is 0 Å². The van der Waals surface area contributed by atoms with Crippen LogP contribution in [0.3, 0.4) is 0 Å². The average molecular weight is 265 g/mol. The fraction of sp³-hybridized carbons (Fsp3) is 0.429. The van der Waals surface area contributed by atoms with Gasteiger partial charge < -0.3 is 14.8 Å². The van der Waals surface area contributed by atoms with Crippen LogP contribution in [0.1, 0.15) is 26.7 Å². The molecule has 104 valence electrons. The normalized spacial score (nSPS) is 9.79. The van der Waals surface area contributed by atoms with Crippen molar-refractivity contribution < 1.29 is 19.1 Å². The Labute approximate surface area is 112 Å². The van der Waals surface area contributed by atoms with Crippen molar-refractivity contribution in [2.75, 3.05) is 18.5 Å². The fourth-order valence-electron chi connectivity index (χ4n) is 1.51. The molecule has 1 amide bonds. The minimum absolute atomic E-state index is 0.0798. The molecule has 0 heterocycles. The van der Waals surface area contributed by atoms with Crippen molar-refractivity contribution in [1.82, 2.24) is 0 Å². The van der Waals surface area contributed by atoms with E-state index in [1.165, 1.54) is 0 Å². The van der Waals surface area contributed by atoms with Crippen LogP contribution in [-0.4, -0.2) is 25.1 Å². The third-order valence-electron chi connectivity index (χ3n) is 2.32. The number of benzene rings is 1. The highest BCUT2D eigenvalue weighted by molar-refractivity contribution is 5.93. The Balaban J connectivity index is 2.50. The lowest BCUT2D eigenvalue weighted by Gasteiger charge is -2.10. The Morgan fingerprint density at radius 2 is 1.84 bits per heavy atom. The van der Waals surface area contributed by atoms with E-state index in [9.17, 15) is 9.59 Å². The number of carbonyl (C=O) groups excluding carboxylic acids is 2. The van der Waals surface area contributed by atoms with E-state index in [1.54, 1.807) is 19.1 Å². The van der Waals surface area contributed by atoms with Gasteiger partial charge in [0.1, 0.15) is 5.75 Å². The van der Waals surface area contributed by atoms with E-state index in [0.29, 0.717) is 24.7 Å². The molecule has 1 aromatic rings. The number of hydrogen-bond donors (Lipinski definition) is 1. The summed E-state index contributed by atoms with van der Waals surface area (Å²) in [5.41, 5.74) is 0.609. The maximum absolute atomic E-state index is 11.7. The first-order valence-corrected chi connectivity index (χ1v) is 6.34. The van der Waals surface area contributed by atoms with Gasteiger partial charge in [0, 0.05) is 6.42 Å². The molecule has 0 bridgehead atoms. The first-order chi connectivity index (χ1) is 9.17. The van der Waals surface area contributed by atoms with Crippen LogP contribution in [0.5, 0.6) is 5.75 Å². The highest BCUT2D eigenvalue weighted by Crippen LogP contribution is 2.23. The lowest BCUT2D eigenvalue weighted by Crippen LogP contribution is -2.15. The quantitative estimate of drug-likeness (QED) is 0.769. The monoisotopic (exact) mass is 265 g/mol.